The van der Waals surface area contributed by atoms with E-state index in [2.05, 4.69) is 5.32 Å². The van der Waals surface area contributed by atoms with Gasteiger partial charge in [-0.25, -0.2) is 8.42 Å². The van der Waals surface area contributed by atoms with E-state index >= 15 is 0 Å². The summed E-state index contributed by atoms with van der Waals surface area (Å²) in [5.74, 6) is -3.66. The number of hydrogen-bond acceptors (Lipinski definition) is 6. The number of rotatable bonds is 6. The van der Waals surface area contributed by atoms with Crippen molar-refractivity contribution >= 4 is 21.2 Å². The van der Waals surface area contributed by atoms with Gasteiger partial charge in [-0.15, -0.1) is 0 Å². The molecule has 0 saturated carbocycles. The van der Waals surface area contributed by atoms with Crippen LogP contribution in [-0.4, -0.2) is 19.1 Å². The van der Waals surface area contributed by atoms with Crippen LogP contribution in [0.2, 0.25) is 0 Å². The third-order valence-corrected chi connectivity index (χ3v) is 4.68. The minimum absolute atomic E-state index is 0.0115. The average Bonchev–Trinajstić information content (AvgIpc) is 2.59. The molecule has 0 saturated heterocycles. The maximum Gasteiger partial charge on any atom is 0.341 e. The molecular weight excluding hydrogens is 356 g/mol. The van der Waals surface area contributed by atoms with Crippen molar-refractivity contribution in [3.63, 3.8) is 0 Å². The van der Waals surface area contributed by atoms with Gasteiger partial charge in [-0.1, -0.05) is 12.1 Å². The molecule has 7 nitrogen and oxygen atoms in total. The maximum atomic E-state index is 12.6. The van der Waals surface area contributed by atoms with Gasteiger partial charge in [0.25, 0.3) is 5.69 Å². The molecule has 10 heteroatoms. The Kier molecular flexibility index (Phi) is 5.29. The molecule has 0 aliphatic rings. The third-order valence-electron chi connectivity index (χ3n) is 3.29. The number of halogens is 2. The molecule has 25 heavy (non-hydrogen) atoms. The van der Waals surface area contributed by atoms with Crippen LogP contribution in [0.25, 0.3) is 0 Å². The average molecular weight is 367 g/mol. The summed E-state index contributed by atoms with van der Waals surface area (Å²) in [5, 5.41) is 22.6. The van der Waals surface area contributed by atoms with Gasteiger partial charge in [0.15, 0.2) is 0 Å². The van der Waals surface area contributed by atoms with Gasteiger partial charge in [0, 0.05) is 12.6 Å². The second kappa shape index (κ2) is 7.23. The molecule has 0 aliphatic carbocycles. The van der Waals surface area contributed by atoms with Crippen molar-refractivity contribution in [2.24, 2.45) is 0 Å². The zero-order valence-corrected chi connectivity index (χ0v) is 13.3. The molecule has 0 atom stereocenters. The van der Waals surface area contributed by atoms with E-state index in [-0.39, 0.29) is 12.2 Å². The van der Waals surface area contributed by atoms with Gasteiger partial charge in [0.05, 0.1) is 21.5 Å². The highest BCUT2D eigenvalue weighted by Crippen LogP contribution is 2.30. The Bertz CT molecular complexity index is 938. The fourth-order valence-electron chi connectivity index (χ4n) is 1.99. The standard InChI is InChI=1S/C15H11F2N3O4S/c16-15(17)25(23,24)12-5-6-13(14(7-12)20(21)22)19-9-11-3-1-10(8-18)2-4-11/h1-7,15,19H,9H2. The van der Waals surface area contributed by atoms with Crippen molar-refractivity contribution in [2.45, 2.75) is 17.2 Å². The predicted molar refractivity (Wildman–Crippen MR) is 84.8 cm³/mol. The van der Waals surface area contributed by atoms with E-state index in [1.807, 2.05) is 6.07 Å². The van der Waals surface area contributed by atoms with Gasteiger partial charge in [-0.2, -0.15) is 14.0 Å². The number of benzene rings is 2. The van der Waals surface area contributed by atoms with E-state index in [0.29, 0.717) is 11.6 Å². The minimum Gasteiger partial charge on any atom is -0.375 e. The Labute approximate surface area is 141 Å². The lowest BCUT2D eigenvalue weighted by Crippen LogP contribution is -2.12. The van der Waals surface area contributed by atoms with Crippen molar-refractivity contribution in [1.82, 2.24) is 0 Å². The van der Waals surface area contributed by atoms with Crippen LogP contribution >= 0.6 is 0 Å². The Morgan fingerprint density at radius 3 is 2.36 bits per heavy atom. The number of hydrogen-bond donors (Lipinski definition) is 1. The van der Waals surface area contributed by atoms with Gasteiger partial charge in [-0.05, 0) is 29.8 Å². The van der Waals surface area contributed by atoms with Crippen LogP contribution in [0.1, 0.15) is 11.1 Å². The van der Waals surface area contributed by atoms with Crippen molar-refractivity contribution in [2.75, 3.05) is 5.32 Å². The van der Waals surface area contributed by atoms with Crippen molar-refractivity contribution in [3.05, 3.63) is 63.7 Å². The van der Waals surface area contributed by atoms with E-state index in [1.54, 1.807) is 24.3 Å². The van der Waals surface area contributed by atoms with Crippen LogP contribution in [0.15, 0.2) is 47.4 Å². The Hall–Kier alpha value is -3.06. The van der Waals surface area contributed by atoms with Crippen molar-refractivity contribution in [1.29, 1.82) is 5.26 Å². The van der Waals surface area contributed by atoms with Gasteiger partial charge in [0.1, 0.15) is 5.69 Å². The largest absolute Gasteiger partial charge is 0.375 e. The van der Waals surface area contributed by atoms with Gasteiger partial charge >= 0.3 is 5.76 Å². The molecule has 0 heterocycles. The van der Waals surface area contributed by atoms with Crippen molar-refractivity contribution < 1.29 is 22.1 Å². The molecule has 0 aromatic heterocycles. The second-order valence-corrected chi connectivity index (χ2v) is 6.82. The van der Waals surface area contributed by atoms with E-state index in [0.717, 1.165) is 17.7 Å². The van der Waals surface area contributed by atoms with Crippen LogP contribution in [0.4, 0.5) is 20.2 Å². The lowest BCUT2D eigenvalue weighted by Gasteiger charge is -2.09. The maximum absolute atomic E-state index is 12.6. The quantitative estimate of drug-likeness (QED) is 0.620. The SMILES string of the molecule is N#Cc1ccc(CNc2ccc(S(=O)(=O)C(F)F)cc2[N+](=O)[O-])cc1. The lowest BCUT2D eigenvalue weighted by atomic mass is 10.1. The summed E-state index contributed by atoms with van der Waals surface area (Å²) in [6, 6.07) is 10.9. The number of nitriles is 1. The number of nitro benzene ring substituents is 1. The summed E-state index contributed by atoms with van der Waals surface area (Å²) in [7, 11) is -4.92. The molecule has 2 aromatic rings. The molecular formula is C15H11F2N3O4S. The van der Waals surface area contributed by atoms with Crippen LogP contribution in [0, 0.1) is 21.4 Å². The number of sulfone groups is 1. The molecule has 0 fully saturated rings. The molecule has 1 N–H and O–H groups in total. The van der Waals surface area contributed by atoms with Crippen LogP contribution < -0.4 is 5.32 Å². The molecule has 130 valence electrons. The Balaban J connectivity index is 2.28. The highest BCUT2D eigenvalue weighted by Gasteiger charge is 2.29. The monoisotopic (exact) mass is 367 g/mol. The number of anilines is 1. The highest BCUT2D eigenvalue weighted by molar-refractivity contribution is 7.91. The van der Waals surface area contributed by atoms with Gasteiger partial charge in [-0.3, -0.25) is 10.1 Å². The van der Waals surface area contributed by atoms with Gasteiger partial charge in [0.2, 0.25) is 9.84 Å². The molecule has 2 rings (SSSR count). The highest BCUT2D eigenvalue weighted by atomic mass is 32.2. The summed E-state index contributed by atoms with van der Waals surface area (Å²) in [6.07, 6.45) is 0. The predicted octanol–water partition coefficient (Wildman–Crippen LogP) is 3.07. The molecule has 0 spiro atoms. The zero-order chi connectivity index (χ0) is 18.6. The topological polar surface area (TPSA) is 113 Å². The summed E-state index contributed by atoms with van der Waals surface area (Å²) >= 11 is 0. The number of nitrogens with zero attached hydrogens (tertiary/aromatic N) is 2. The first-order valence-corrected chi connectivity index (χ1v) is 8.33. The fourth-order valence-corrected chi connectivity index (χ4v) is 2.73. The molecule has 0 bridgehead atoms. The van der Waals surface area contributed by atoms with E-state index < -0.39 is 31.1 Å². The molecule has 0 radical (unpaired) electrons. The van der Waals surface area contributed by atoms with E-state index in [1.165, 1.54) is 0 Å². The Morgan fingerprint density at radius 2 is 1.84 bits per heavy atom. The number of alkyl halides is 2. The summed E-state index contributed by atoms with van der Waals surface area (Å²) in [5.41, 5.74) is 0.534. The second-order valence-electron chi connectivity index (χ2n) is 4.90. The molecule has 0 amide bonds. The van der Waals surface area contributed by atoms with Crippen LogP contribution in [0.3, 0.4) is 0 Å². The molecule has 0 unspecified atom stereocenters. The number of nitrogens with one attached hydrogen (secondary N) is 1. The van der Waals surface area contributed by atoms with Crippen LogP contribution in [0.5, 0.6) is 0 Å². The smallest absolute Gasteiger partial charge is 0.341 e. The number of nitro groups is 1. The zero-order valence-electron chi connectivity index (χ0n) is 12.5. The van der Waals surface area contributed by atoms with Crippen LogP contribution in [-0.2, 0) is 16.4 Å². The molecule has 0 aliphatic heterocycles. The lowest BCUT2D eigenvalue weighted by molar-refractivity contribution is -0.384. The fraction of sp³-hybridized carbons (Fsp3) is 0.133. The first-order valence-electron chi connectivity index (χ1n) is 6.79. The van der Waals surface area contributed by atoms with E-state index in [4.69, 9.17) is 5.26 Å². The van der Waals surface area contributed by atoms with Gasteiger partial charge < -0.3 is 5.32 Å². The summed E-state index contributed by atoms with van der Waals surface area (Å²) in [6.45, 7) is 0.160. The summed E-state index contributed by atoms with van der Waals surface area (Å²) in [4.78, 5) is 9.44. The van der Waals surface area contributed by atoms with Crippen molar-refractivity contribution in [3.8, 4) is 6.07 Å². The molecule has 2 aromatic carbocycles. The first-order chi connectivity index (χ1) is 11.8. The normalized spacial score (nSPS) is 11.1. The minimum atomic E-state index is -4.92. The third kappa shape index (κ3) is 4.07. The summed E-state index contributed by atoms with van der Waals surface area (Å²) < 4.78 is 48.0. The Morgan fingerprint density at radius 1 is 1.20 bits per heavy atom. The first kappa shape index (κ1) is 18.3. The van der Waals surface area contributed by atoms with E-state index in [9.17, 15) is 27.3 Å².